The number of amides is 1. The van der Waals surface area contributed by atoms with Gasteiger partial charge in [0, 0.05) is 30.1 Å². The van der Waals surface area contributed by atoms with Crippen LogP contribution in [-0.4, -0.2) is 25.6 Å². The van der Waals surface area contributed by atoms with Crippen LogP contribution >= 0.6 is 0 Å². The summed E-state index contributed by atoms with van der Waals surface area (Å²) in [6.07, 6.45) is 3.72. The fourth-order valence-electron chi connectivity index (χ4n) is 3.35. The highest BCUT2D eigenvalue weighted by atomic mass is 16.5. The van der Waals surface area contributed by atoms with Crippen molar-refractivity contribution >= 4 is 5.91 Å². The van der Waals surface area contributed by atoms with Crippen LogP contribution in [-0.2, 0) is 18.5 Å². The third kappa shape index (κ3) is 4.94. The van der Waals surface area contributed by atoms with Gasteiger partial charge < -0.3 is 14.4 Å². The molecule has 2 aromatic heterocycles. The lowest BCUT2D eigenvalue weighted by Gasteiger charge is -2.18. The van der Waals surface area contributed by atoms with E-state index < -0.39 is 0 Å². The fourth-order valence-corrected chi connectivity index (χ4v) is 3.35. The number of hydrogen-bond donors (Lipinski definition) is 1. The number of carbonyl (C=O) groups excluding carboxylic acids is 1. The molecule has 0 spiro atoms. The van der Waals surface area contributed by atoms with Crippen LogP contribution in [0.3, 0.4) is 0 Å². The molecule has 4 aromatic rings. The molecule has 7 heteroatoms. The lowest BCUT2D eigenvalue weighted by Crippen LogP contribution is -2.22. The number of aromatic nitrogens is 4. The topological polar surface area (TPSA) is 85.8 Å². The molecule has 0 bridgehead atoms. The van der Waals surface area contributed by atoms with Gasteiger partial charge in [0.25, 0.3) is 5.91 Å². The van der Waals surface area contributed by atoms with Crippen molar-refractivity contribution in [2.24, 2.45) is 0 Å². The summed E-state index contributed by atoms with van der Waals surface area (Å²) in [5.41, 5.74) is 3.88. The first-order valence-corrected chi connectivity index (χ1v) is 10.6. The Labute approximate surface area is 187 Å². The first-order chi connectivity index (χ1) is 15.3. The smallest absolute Gasteiger partial charge is 0.251 e. The average molecular weight is 430 g/mol. The Hall–Kier alpha value is -3.74. The second-order valence-electron chi connectivity index (χ2n) is 8.82. The highest BCUT2D eigenvalue weighted by molar-refractivity contribution is 5.94. The first-order valence-electron chi connectivity index (χ1n) is 10.6. The summed E-state index contributed by atoms with van der Waals surface area (Å²) in [5, 5.41) is 6.87. The van der Waals surface area contributed by atoms with Crippen molar-refractivity contribution in [3.05, 3.63) is 89.3 Å². The normalized spacial score (nSPS) is 11.5. The van der Waals surface area contributed by atoms with Gasteiger partial charge in [-0.3, -0.25) is 4.79 Å². The molecule has 164 valence electrons. The molecule has 0 saturated carbocycles. The van der Waals surface area contributed by atoms with Gasteiger partial charge in [-0.25, -0.2) is 4.98 Å². The van der Waals surface area contributed by atoms with E-state index in [9.17, 15) is 4.79 Å². The Morgan fingerprint density at radius 2 is 1.78 bits per heavy atom. The molecule has 0 fully saturated rings. The molecule has 0 aliphatic heterocycles. The van der Waals surface area contributed by atoms with E-state index >= 15 is 0 Å². The maximum atomic E-state index is 12.5. The Balaban J connectivity index is 1.34. The van der Waals surface area contributed by atoms with E-state index in [0.29, 0.717) is 17.3 Å². The Morgan fingerprint density at radius 1 is 1.06 bits per heavy atom. The van der Waals surface area contributed by atoms with Gasteiger partial charge in [-0.05, 0) is 35.6 Å². The van der Waals surface area contributed by atoms with E-state index in [4.69, 9.17) is 4.52 Å². The standard InChI is InChI=1S/C25H27N5O2/c1-17-26-13-14-30(17)16-18-5-7-20(8-6-18)24(31)27-15-22-28-23(29-32-22)19-9-11-21(12-10-19)25(2,3)4/h5-14H,15-16H2,1-4H3,(H,27,31). The molecular weight excluding hydrogens is 402 g/mol. The van der Waals surface area contributed by atoms with Gasteiger partial charge >= 0.3 is 0 Å². The van der Waals surface area contributed by atoms with E-state index in [1.165, 1.54) is 5.56 Å². The van der Waals surface area contributed by atoms with Gasteiger partial charge in [0.1, 0.15) is 5.82 Å². The highest BCUT2D eigenvalue weighted by Crippen LogP contribution is 2.25. The first kappa shape index (κ1) is 21.5. The molecule has 0 radical (unpaired) electrons. The molecule has 1 amide bonds. The van der Waals surface area contributed by atoms with Gasteiger partial charge in [0.2, 0.25) is 11.7 Å². The number of aryl methyl sites for hydroxylation is 1. The minimum atomic E-state index is -0.190. The van der Waals surface area contributed by atoms with Crippen molar-refractivity contribution in [3.63, 3.8) is 0 Å². The van der Waals surface area contributed by atoms with Gasteiger partial charge in [0.15, 0.2) is 0 Å². The monoisotopic (exact) mass is 429 g/mol. The van der Waals surface area contributed by atoms with E-state index in [-0.39, 0.29) is 17.9 Å². The van der Waals surface area contributed by atoms with Gasteiger partial charge in [-0.15, -0.1) is 0 Å². The van der Waals surface area contributed by atoms with Crippen molar-refractivity contribution in [1.29, 1.82) is 0 Å². The Kier molecular flexibility index (Phi) is 5.90. The molecule has 2 heterocycles. The minimum absolute atomic E-state index is 0.0852. The third-order valence-electron chi connectivity index (χ3n) is 5.37. The number of nitrogens with one attached hydrogen (secondary N) is 1. The number of hydrogen-bond acceptors (Lipinski definition) is 5. The van der Waals surface area contributed by atoms with E-state index in [1.807, 2.05) is 49.5 Å². The van der Waals surface area contributed by atoms with Crippen LogP contribution in [0.15, 0.2) is 65.4 Å². The minimum Gasteiger partial charge on any atom is -0.343 e. The van der Waals surface area contributed by atoms with E-state index in [1.54, 1.807) is 6.20 Å². The predicted octanol–water partition coefficient (Wildman–Crippen LogP) is 4.52. The summed E-state index contributed by atoms with van der Waals surface area (Å²) < 4.78 is 7.36. The predicted molar refractivity (Wildman–Crippen MR) is 122 cm³/mol. The maximum absolute atomic E-state index is 12.5. The largest absolute Gasteiger partial charge is 0.343 e. The maximum Gasteiger partial charge on any atom is 0.251 e. The van der Waals surface area contributed by atoms with Crippen molar-refractivity contribution in [1.82, 2.24) is 25.0 Å². The average Bonchev–Trinajstić information content (AvgIpc) is 3.41. The summed E-state index contributed by atoms with van der Waals surface area (Å²) in [6.45, 7) is 9.37. The second kappa shape index (κ2) is 8.78. The van der Waals surface area contributed by atoms with Gasteiger partial charge in [-0.2, -0.15) is 4.98 Å². The van der Waals surface area contributed by atoms with E-state index in [2.05, 4.69) is 57.9 Å². The summed E-state index contributed by atoms with van der Waals surface area (Å²) in [4.78, 5) is 21.1. The summed E-state index contributed by atoms with van der Waals surface area (Å²) in [7, 11) is 0. The van der Waals surface area contributed by atoms with Crippen LogP contribution < -0.4 is 5.32 Å². The quantitative estimate of drug-likeness (QED) is 0.487. The number of rotatable bonds is 6. The Bertz CT molecular complexity index is 1200. The van der Waals surface area contributed by atoms with Crippen LogP contribution in [0.2, 0.25) is 0 Å². The van der Waals surface area contributed by atoms with Gasteiger partial charge in [0.05, 0.1) is 6.54 Å². The molecule has 2 aromatic carbocycles. The lowest BCUT2D eigenvalue weighted by molar-refractivity contribution is 0.0946. The number of imidazole rings is 1. The third-order valence-corrected chi connectivity index (χ3v) is 5.37. The number of nitrogens with zero attached hydrogens (tertiary/aromatic N) is 4. The number of benzene rings is 2. The molecule has 32 heavy (non-hydrogen) atoms. The van der Waals surface area contributed by atoms with Crippen LogP contribution in [0.4, 0.5) is 0 Å². The lowest BCUT2D eigenvalue weighted by atomic mass is 9.87. The summed E-state index contributed by atoms with van der Waals surface area (Å²) >= 11 is 0. The van der Waals surface area contributed by atoms with Crippen molar-refractivity contribution in [2.75, 3.05) is 0 Å². The second-order valence-corrected chi connectivity index (χ2v) is 8.82. The molecule has 0 atom stereocenters. The molecular formula is C25H27N5O2. The summed E-state index contributed by atoms with van der Waals surface area (Å²) in [5.74, 6) is 1.63. The molecule has 1 N–H and O–H groups in total. The molecule has 0 unspecified atom stereocenters. The number of carbonyl (C=O) groups is 1. The van der Waals surface area contributed by atoms with Crippen LogP contribution in [0.1, 0.15) is 54.0 Å². The van der Waals surface area contributed by atoms with Crippen LogP contribution in [0.25, 0.3) is 11.4 Å². The van der Waals surface area contributed by atoms with Crippen molar-refractivity contribution < 1.29 is 9.32 Å². The van der Waals surface area contributed by atoms with Gasteiger partial charge in [-0.1, -0.05) is 62.3 Å². The van der Waals surface area contributed by atoms with E-state index in [0.717, 1.165) is 23.5 Å². The highest BCUT2D eigenvalue weighted by Gasteiger charge is 2.15. The zero-order valence-corrected chi connectivity index (χ0v) is 18.8. The SMILES string of the molecule is Cc1nccn1Cc1ccc(C(=O)NCc2nc(-c3ccc(C(C)(C)C)cc3)no2)cc1. The van der Waals surface area contributed by atoms with Crippen LogP contribution in [0.5, 0.6) is 0 Å². The van der Waals surface area contributed by atoms with Crippen molar-refractivity contribution in [3.8, 4) is 11.4 Å². The molecule has 4 rings (SSSR count). The fraction of sp³-hybridized carbons (Fsp3) is 0.280. The Morgan fingerprint density at radius 3 is 2.41 bits per heavy atom. The zero-order chi connectivity index (χ0) is 22.7. The summed E-state index contributed by atoms with van der Waals surface area (Å²) in [6, 6.07) is 15.6. The van der Waals surface area contributed by atoms with Crippen LogP contribution in [0, 0.1) is 6.92 Å². The molecule has 0 aliphatic carbocycles. The molecule has 0 aliphatic rings. The zero-order valence-electron chi connectivity index (χ0n) is 18.8. The molecule has 0 saturated heterocycles. The molecule has 7 nitrogen and oxygen atoms in total. The van der Waals surface area contributed by atoms with Crippen molar-refractivity contribution in [2.45, 2.75) is 46.2 Å².